The lowest BCUT2D eigenvalue weighted by atomic mass is 9.98. The van der Waals surface area contributed by atoms with Crippen molar-refractivity contribution in [2.45, 2.75) is 13.8 Å². The van der Waals surface area contributed by atoms with Crippen molar-refractivity contribution in [3.63, 3.8) is 0 Å². The number of carbonyl (C=O) groups is 2. The van der Waals surface area contributed by atoms with Gasteiger partial charge in [0.25, 0.3) is 0 Å². The van der Waals surface area contributed by atoms with Gasteiger partial charge in [-0.2, -0.15) is 0 Å². The molecule has 1 N–H and O–H groups in total. The number of rotatable bonds is 5. The number of ether oxygens (including phenoxy) is 1. The average Bonchev–Trinajstić information content (AvgIpc) is 2.34. The first kappa shape index (κ1) is 14.9. The predicted molar refractivity (Wildman–Crippen MR) is 67.2 cm³/mol. The fourth-order valence-corrected chi connectivity index (χ4v) is 1.69. The smallest absolute Gasteiger partial charge is 0.343 e. The minimum absolute atomic E-state index is 0.0989. The monoisotopic (exact) mass is 266 g/mol. The summed E-state index contributed by atoms with van der Waals surface area (Å²) in [7, 11) is 1.32. The van der Waals surface area contributed by atoms with Crippen LogP contribution in [0.1, 0.15) is 24.2 Å². The van der Waals surface area contributed by atoms with Crippen molar-refractivity contribution in [2.24, 2.45) is 5.92 Å². The zero-order chi connectivity index (χ0) is 14.6. The van der Waals surface area contributed by atoms with Crippen LogP contribution in [-0.2, 0) is 9.53 Å². The molecular formula is C14H15FO4. The van der Waals surface area contributed by atoms with Gasteiger partial charge in [-0.05, 0) is 24.3 Å². The number of aliphatic carboxylic acids is 1. The minimum atomic E-state index is -1.36. The number of carboxylic acid groups (broad SMARTS) is 1. The van der Waals surface area contributed by atoms with Gasteiger partial charge in [0, 0.05) is 11.5 Å². The summed E-state index contributed by atoms with van der Waals surface area (Å²) >= 11 is 0. The molecule has 5 heteroatoms. The Kier molecular flexibility index (Phi) is 4.80. The Hall–Kier alpha value is -2.17. The molecule has 0 atom stereocenters. The van der Waals surface area contributed by atoms with E-state index in [-0.39, 0.29) is 17.2 Å². The number of hydrogen-bond donors (Lipinski definition) is 1. The Morgan fingerprint density at radius 2 is 1.74 bits per heavy atom. The minimum Gasteiger partial charge on any atom is -0.500 e. The van der Waals surface area contributed by atoms with E-state index >= 15 is 0 Å². The molecule has 0 radical (unpaired) electrons. The maximum absolute atomic E-state index is 12.8. The zero-order valence-corrected chi connectivity index (χ0v) is 10.9. The first-order chi connectivity index (χ1) is 8.88. The molecule has 1 aromatic rings. The summed E-state index contributed by atoms with van der Waals surface area (Å²) in [5, 5.41) is 9.18. The second-order valence-electron chi connectivity index (χ2n) is 4.24. The third kappa shape index (κ3) is 3.40. The van der Waals surface area contributed by atoms with E-state index < -0.39 is 23.1 Å². The van der Waals surface area contributed by atoms with Crippen molar-refractivity contribution in [2.75, 3.05) is 7.11 Å². The number of allylic oxidation sites excluding steroid dienone is 1. The summed E-state index contributed by atoms with van der Waals surface area (Å²) in [6.07, 6.45) is 0. The van der Waals surface area contributed by atoms with Gasteiger partial charge in [0.2, 0.25) is 5.78 Å². The number of Topliss-reactive ketones (excluding diaryl/α,β-unsaturated/α-hetero) is 1. The summed E-state index contributed by atoms with van der Waals surface area (Å²) in [6.45, 7) is 3.44. The van der Waals surface area contributed by atoms with Crippen molar-refractivity contribution >= 4 is 11.8 Å². The van der Waals surface area contributed by atoms with Gasteiger partial charge in [0.15, 0.2) is 0 Å². The van der Waals surface area contributed by atoms with Crippen molar-refractivity contribution in [3.8, 4) is 0 Å². The molecule has 0 aromatic heterocycles. The van der Waals surface area contributed by atoms with E-state index in [1.54, 1.807) is 13.8 Å². The maximum Gasteiger partial charge on any atom is 0.343 e. The molecule has 0 heterocycles. The third-order valence-electron chi connectivity index (χ3n) is 2.54. The van der Waals surface area contributed by atoms with Crippen LogP contribution in [0, 0.1) is 11.7 Å². The number of halogens is 1. The fraction of sp³-hybridized carbons (Fsp3) is 0.286. The van der Waals surface area contributed by atoms with E-state index in [1.165, 1.54) is 19.2 Å². The summed E-state index contributed by atoms with van der Waals surface area (Å²) in [6, 6.07) is 4.70. The van der Waals surface area contributed by atoms with Crippen molar-refractivity contribution in [1.82, 2.24) is 0 Å². The second kappa shape index (κ2) is 6.13. The number of carboxylic acids is 1. The molecule has 19 heavy (non-hydrogen) atoms. The summed E-state index contributed by atoms with van der Waals surface area (Å²) in [5.74, 6) is -2.70. The van der Waals surface area contributed by atoms with Gasteiger partial charge in [-0.1, -0.05) is 13.8 Å². The first-order valence-corrected chi connectivity index (χ1v) is 5.70. The highest BCUT2D eigenvalue weighted by atomic mass is 19.1. The van der Waals surface area contributed by atoms with Gasteiger partial charge in [-0.3, -0.25) is 4.79 Å². The van der Waals surface area contributed by atoms with Gasteiger partial charge in [-0.15, -0.1) is 0 Å². The van der Waals surface area contributed by atoms with Gasteiger partial charge in [0.1, 0.15) is 17.1 Å². The molecule has 0 spiro atoms. The van der Waals surface area contributed by atoms with E-state index in [0.717, 1.165) is 12.1 Å². The predicted octanol–water partition coefficient (Wildman–Crippen LogP) is 2.65. The molecule has 4 nitrogen and oxygen atoms in total. The van der Waals surface area contributed by atoms with E-state index in [1.807, 2.05) is 0 Å². The Morgan fingerprint density at radius 1 is 1.21 bits per heavy atom. The normalized spacial score (nSPS) is 12.1. The van der Waals surface area contributed by atoms with Crippen LogP contribution >= 0.6 is 0 Å². The van der Waals surface area contributed by atoms with E-state index in [0.29, 0.717) is 0 Å². The number of benzene rings is 1. The van der Waals surface area contributed by atoms with Crippen LogP contribution in [0.25, 0.3) is 0 Å². The van der Waals surface area contributed by atoms with E-state index in [4.69, 9.17) is 4.74 Å². The first-order valence-electron chi connectivity index (χ1n) is 5.70. The lowest BCUT2D eigenvalue weighted by Crippen LogP contribution is -2.18. The van der Waals surface area contributed by atoms with Crippen molar-refractivity contribution in [3.05, 3.63) is 47.0 Å². The summed E-state index contributed by atoms with van der Waals surface area (Å²) in [5.41, 5.74) is -0.321. The van der Waals surface area contributed by atoms with Gasteiger partial charge in [-0.25, -0.2) is 9.18 Å². The standard InChI is InChI=1S/C14H15FO4/c1-8(2)13(19-3)11(14(17)18)12(16)9-4-6-10(15)7-5-9/h4-8H,1-3H3,(H,17,18)/b13-11-. The lowest BCUT2D eigenvalue weighted by molar-refractivity contribution is -0.132. The molecule has 102 valence electrons. The molecule has 0 aliphatic heterocycles. The van der Waals surface area contributed by atoms with Crippen molar-refractivity contribution < 1.29 is 23.8 Å². The molecule has 0 saturated heterocycles. The van der Waals surface area contributed by atoms with E-state index in [2.05, 4.69) is 0 Å². The number of methoxy groups -OCH3 is 1. The van der Waals surface area contributed by atoms with E-state index in [9.17, 15) is 19.1 Å². The summed E-state index contributed by atoms with van der Waals surface area (Å²) < 4.78 is 17.8. The molecule has 0 saturated carbocycles. The molecule has 0 fully saturated rings. The Labute approximate surface area is 110 Å². The average molecular weight is 266 g/mol. The summed E-state index contributed by atoms with van der Waals surface area (Å²) in [4.78, 5) is 23.4. The molecule has 0 bridgehead atoms. The topological polar surface area (TPSA) is 63.6 Å². The Bertz CT molecular complexity index is 515. The molecule has 1 aromatic carbocycles. The molecule has 0 amide bonds. The molecule has 0 unspecified atom stereocenters. The zero-order valence-electron chi connectivity index (χ0n) is 10.9. The van der Waals surface area contributed by atoms with Crippen LogP contribution in [0.4, 0.5) is 4.39 Å². The molecule has 1 rings (SSSR count). The Morgan fingerprint density at radius 3 is 2.11 bits per heavy atom. The molecular weight excluding hydrogens is 251 g/mol. The second-order valence-corrected chi connectivity index (χ2v) is 4.24. The number of hydrogen-bond acceptors (Lipinski definition) is 3. The quantitative estimate of drug-likeness (QED) is 0.292. The van der Waals surface area contributed by atoms with Crippen LogP contribution in [0.15, 0.2) is 35.6 Å². The number of carbonyl (C=O) groups excluding carboxylic acids is 1. The van der Waals surface area contributed by atoms with Crippen LogP contribution in [0.5, 0.6) is 0 Å². The largest absolute Gasteiger partial charge is 0.500 e. The number of ketones is 1. The van der Waals surface area contributed by atoms with Gasteiger partial charge < -0.3 is 9.84 Å². The SMILES string of the molecule is CO/C(=C(\C(=O)O)C(=O)c1ccc(F)cc1)C(C)C. The van der Waals surface area contributed by atoms with Crippen LogP contribution in [0.2, 0.25) is 0 Å². The fourth-order valence-electron chi connectivity index (χ4n) is 1.69. The molecule has 0 aliphatic rings. The highest BCUT2D eigenvalue weighted by Gasteiger charge is 2.26. The maximum atomic E-state index is 12.8. The lowest BCUT2D eigenvalue weighted by Gasteiger charge is -2.13. The Balaban J connectivity index is 3.31. The highest BCUT2D eigenvalue weighted by Crippen LogP contribution is 2.20. The van der Waals surface area contributed by atoms with Gasteiger partial charge in [0.05, 0.1) is 7.11 Å². The van der Waals surface area contributed by atoms with Crippen LogP contribution in [0.3, 0.4) is 0 Å². The highest BCUT2D eigenvalue weighted by molar-refractivity contribution is 6.24. The molecule has 0 aliphatic carbocycles. The third-order valence-corrected chi connectivity index (χ3v) is 2.54. The van der Waals surface area contributed by atoms with Crippen LogP contribution < -0.4 is 0 Å². The van der Waals surface area contributed by atoms with Gasteiger partial charge >= 0.3 is 5.97 Å². The van der Waals surface area contributed by atoms with Crippen molar-refractivity contribution in [1.29, 1.82) is 0 Å². The van der Waals surface area contributed by atoms with Crippen LogP contribution in [-0.4, -0.2) is 24.0 Å².